The van der Waals surface area contributed by atoms with Gasteiger partial charge in [-0.2, -0.15) is 4.98 Å². The molecule has 1 unspecified atom stereocenters. The fourth-order valence-corrected chi connectivity index (χ4v) is 2.93. The van der Waals surface area contributed by atoms with Crippen molar-refractivity contribution in [2.75, 3.05) is 5.32 Å². The van der Waals surface area contributed by atoms with E-state index >= 15 is 0 Å². The third-order valence-corrected chi connectivity index (χ3v) is 4.45. The minimum atomic E-state index is -0.508. The van der Waals surface area contributed by atoms with E-state index in [4.69, 9.17) is 0 Å². The van der Waals surface area contributed by atoms with E-state index in [-0.39, 0.29) is 23.6 Å². The lowest BCUT2D eigenvalue weighted by molar-refractivity contribution is 0.709. The Balaban J connectivity index is 1.67. The van der Waals surface area contributed by atoms with Crippen LogP contribution in [0.25, 0.3) is 11.0 Å². The Morgan fingerprint density at radius 2 is 1.93 bits per heavy atom. The minimum Gasteiger partial charge on any atom is -0.348 e. The first-order chi connectivity index (χ1) is 13.6. The fraction of sp³-hybridized carbons (Fsp3) is 0.150. The third kappa shape index (κ3) is 3.52. The molecule has 0 amide bonds. The maximum absolute atomic E-state index is 12.7. The SMILES string of the molecule is CC(Nc1ncc2c(=O)n(Cc3ccccc3)c(=O)[nH]c2n1)c1cccnc1. The highest BCUT2D eigenvalue weighted by Gasteiger charge is 2.12. The molecule has 1 atom stereocenters. The normalized spacial score (nSPS) is 12.0. The second-order valence-corrected chi connectivity index (χ2v) is 6.42. The quantitative estimate of drug-likeness (QED) is 0.554. The summed E-state index contributed by atoms with van der Waals surface area (Å²) in [6, 6.07) is 13.0. The predicted molar refractivity (Wildman–Crippen MR) is 106 cm³/mol. The number of nitrogens with zero attached hydrogens (tertiary/aromatic N) is 4. The number of hydrogen-bond acceptors (Lipinski definition) is 6. The number of benzene rings is 1. The number of aromatic nitrogens is 5. The van der Waals surface area contributed by atoms with Gasteiger partial charge in [-0.15, -0.1) is 0 Å². The van der Waals surface area contributed by atoms with Crippen LogP contribution in [0.2, 0.25) is 0 Å². The molecule has 4 aromatic rings. The molecule has 0 saturated carbocycles. The number of pyridine rings is 1. The van der Waals surface area contributed by atoms with Crippen LogP contribution in [0.3, 0.4) is 0 Å². The second-order valence-electron chi connectivity index (χ2n) is 6.42. The first-order valence-electron chi connectivity index (χ1n) is 8.82. The summed E-state index contributed by atoms with van der Waals surface area (Å²) in [6.07, 6.45) is 4.89. The van der Waals surface area contributed by atoms with Crippen molar-refractivity contribution >= 4 is 17.0 Å². The van der Waals surface area contributed by atoms with Gasteiger partial charge in [0, 0.05) is 18.6 Å². The summed E-state index contributed by atoms with van der Waals surface area (Å²) in [4.78, 5) is 40.5. The zero-order valence-electron chi connectivity index (χ0n) is 15.2. The van der Waals surface area contributed by atoms with E-state index in [0.717, 1.165) is 15.7 Å². The van der Waals surface area contributed by atoms with E-state index in [1.54, 1.807) is 12.4 Å². The van der Waals surface area contributed by atoms with Crippen LogP contribution in [-0.2, 0) is 6.54 Å². The summed E-state index contributed by atoms with van der Waals surface area (Å²) in [7, 11) is 0. The van der Waals surface area contributed by atoms with Gasteiger partial charge in [0.1, 0.15) is 5.39 Å². The summed E-state index contributed by atoms with van der Waals surface area (Å²) in [5.74, 6) is 0.319. The van der Waals surface area contributed by atoms with Crippen LogP contribution in [0.5, 0.6) is 0 Å². The van der Waals surface area contributed by atoms with Crippen LogP contribution in [0.4, 0.5) is 5.95 Å². The number of hydrogen-bond donors (Lipinski definition) is 2. The largest absolute Gasteiger partial charge is 0.348 e. The van der Waals surface area contributed by atoms with E-state index < -0.39 is 11.2 Å². The first-order valence-corrected chi connectivity index (χ1v) is 8.82. The van der Waals surface area contributed by atoms with Gasteiger partial charge in [-0.05, 0) is 24.1 Å². The number of rotatable bonds is 5. The number of fused-ring (bicyclic) bond motifs is 1. The predicted octanol–water partition coefficient (Wildman–Crippen LogP) is 2.10. The molecule has 3 heterocycles. The Labute approximate surface area is 160 Å². The van der Waals surface area contributed by atoms with Crippen molar-refractivity contribution < 1.29 is 0 Å². The van der Waals surface area contributed by atoms with Crippen molar-refractivity contribution in [3.05, 3.63) is 93.0 Å². The Morgan fingerprint density at radius 1 is 1.11 bits per heavy atom. The van der Waals surface area contributed by atoms with Crippen LogP contribution >= 0.6 is 0 Å². The second kappa shape index (κ2) is 7.43. The van der Waals surface area contributed by atoms with Gasteiger partial charge in [0.15, 0.2) is 5.65 Å². The van der Waals surface area contributed by atoms with E-state index in [0.29, 0.717) is 5.95 Å². The Hall–Kier alpha value is -3.81. The molecule has 0 saturated heterocycles. The van der Waals surface area contributed by atoms with Crippen molar-refractivity contribution in [2.24, 2.45) is 0 Å². The standard InChI is InChI=1S/C20H18N6O2/c1-13(15-8-5-9-21-10-15)23-19-22-11-16-17(24-19)25-20(28)26(18(16)27)12-14-6-3-2-4-7-14/h2-11,13H,12H2,1H3,(H2,22,23,24,25,28). The van der Waals surface area contributed by atoms with Crippen LogP contribution in [0.1, 0.15) is 24.1 Å². The molecule has 0 radical (unpaired) electrons. The van der Waals surface area contributed by atoms with Gasteiger partial charge in [0.05, 0.1) is 12.6 Å². The number of anilines is 1. The van der Waals surface area contributed by atoms with Crippen LogP contribution in [0, 0.1) is 0 Å². The Bertz CT molecular complexity index is 1220. The molecule has 4 rings (SSSR count). The van der Waals surface area contributed by atoms with Crippen molar-refractivity contribution in [1.82, 2.24) is 24.5 Å². The number of H-pyrrole nitrogens is 1. The molecule has 140 valence electrons. The molecular weight excluding hydrogens is 356 g/mol. The highest BCUT2D eigenvalue weighted by atomic mass is 16.2. The van der Waals surface area contributed by atoms with E-state index in [2.05, 4.69) is 25.3 Å². The average molecular weight is 374 g/mol. The lowest BCUT2D eigenvalue weighted by atomic mass is 10.1. The van der Waals surface area contributed by atoms with Gasteiger partial charge < -0.3 is 5.32 Å². The molecule has 8 nitrogen and oxygen atoms in total. The van der Waals surface area contributed by atoms with Crippen molar-refractivity contribution in [1.29, 1.82) is 0 Å². The van der Waals surface area contributed by atoms with Gasteiger partial charge in [-0.3, -0.25) is 19.3 Å². The minimum absolute atomic E-state index is 0.0867. The molecular formula is C20H18N6O2. The van der Waals surface area contributed by atoms with Crippen LogP contribution in [0.15, 0.2) is 70.6 Å². The lowest BCUT2D eigenvalue weighted by Crippen LogP contribution is -2.35. The molecule has 0 fully saturated rings. The summed E-state index contributed by atoms with van der Waals surface area (Å²) in [5, 5.41) is 3.41. The summed E-state index contributed by atoms with van der Waals surface area (Å²) in [5.41, 5.74) is 1.10. The van der Waals surface area contributed by atoms with E-state index in [1.807, 2.05) is 49.4 Å². The average Bonchev–Trinajstić information content (AvgIpc) is 2.72. The monoisotopic (exact) mass is 374 g/mol. The Morgan fingerprint density at radius 3 is 2.68 bits per heavy atom. The topological polar surface area (TPSA) is 106 Å². The maximum Gasteiger partial charge on any atom is 0.330 e. The first kappa shape index (κ1) is 17.6. The zero-order chi connectivity index (χ0) is 19.5. The molecule has 0 aliphatic heterocycles. The number of aromatic amines is 1. The van der Waals surface area contributed by atoms with E-state index in [1.165, 1.54) is 6.20 Å². The fourth-order valence-electron chi connectivity index (χ4n) is 2.93. The molecule has 1 aromatic carbocycles. The summed E-state index contributed by atoms with van der Waals surface area (Å²) >= 11 is 0. The molecule has 8 heteroatoms. The smallest absolute Gasteiger partial charge is 0.330 e. The molecule has 2 N–H and O–H groups in total. The van der Waals surface area contributed by atoms with Crippen LogP contribution in [-0.4, -0.2) is 24.5 Å². The van der Waals surface area contributed by atoms with Gasteiger partial charge in [0.25, 0.3) is 5.56 Å². The number of nitrogens with one attached hydrogen (secondary N) is 2. The third-order valence-electron chi connectivity index (χ3n) is 4.45. The van der Waals surface area contributed by atoms with Crippen molar-refractivity contribution in [3.8, 4) is 0 Å². The van der Waals surface area contributed by atoms with Crippen molar-refractivity contribution in [2.45, 2.75) is 19.5 Å². The molecule has 28 heavy (non-hydrogen) atoms. The summed E-state index contributed by atoms with van der Waals surface area (Å²) < 4.78 is 1.15. The maximum atomic E-state index is 12.7. The van der Waals surface area contributed by atoms with Gasteiger partial charge in [0.2, 0.25) is 5.95 Å². The molecule has 0 bridgehead atoms. The highest BCUT2D eigenvalue weighted by molar-refractivity contribution is 5.73. The lowest BCUT2D eigenvalue weighted by Gasteiger charge is -2.14. The van der Waals surface area contributed by atoms with Gasteiger partial charge >= 0.3 is 5.69 Å². The zero-order valence-corrected chi connectivity index (χ0v) is 15.2. The van der Waals surface area contributed by atoms with Crippen LogP contribution < -0.4 is 16.6 Å². The highest BCUT2D eigenvalue weighted by Crippen LogP contribution is 2.16. The van der Waals surface area contributed by atoms with Crippen molar-refractivity contribution in [3.63, 3.8) is 0 Å². The molecule has 0 spiro atoms. The Kier molecular flexibility index (Phi) is 4.67. The molecule has 0 aliphatic rings. The summed E-state index contributed by atoms with van der Waals surface area (Å²) in [6.45, 7) is 2.13. The molecule has 3 aromatic heterocycles. The molecule has 0 aliphatic carbocycles. The van der Waals surface area contributed by atoms with E-state index in [9.17, 15) is 9.59 Å². The van der Waals surface area contributed by atoms with Gasteiger partial charge in [-0.1, -0.05) is 36.4 Å². The van der Waals surface area contributed by atoms with Gasteiger partial charge in [-0.25, -0.2) is 9.78 Å².